The van der Waals surface area contributed by atoms with Crippen LogP contribution in [0.3, 0.4) is 0 Å². The van der Waals surface area contributed by atoms with Gasteiger partial charge in [-0.2, -0.15) is 10.2 Å². The lowest BCUT2D eigenvalue weighted by molar-refractivity contribution is 1.25. The van der Waals surface area contributed by atoms with Crippen LogP contribution in [-0.4, -0.2) is 16.4 Å². The summed E-state index contributed by atoms with van der Waals surface area (Å²) in [7, 11) is 0. The minimum atomic E-state index is 0.723. The molecule has 20 heavy (non-hydrogen) atoms. The van der Waals surface area contributed by atoms with E-state index in [1.165, 1.54) is 0 Å². The van der Waals surface area contributed by atoms with Crippen LogP contribution in [-0.2, 0) is 0 Å². The Morgan fingerprint density at radius 1 is 1.30 bits per heavy atom. The molecule has 0 saturated carbocycles. The van der Waals surface area contributed by atoms with Crippen LogP contribution in [0.15, 0.2) is 71.2 Å². The summed E-state index contributed by atoms with van der Waals surface area (Å²) >= 11 is 0. The predicted octanol–water partition coefficient (Wildman–Crippen LogP) is 4.35. The van der Waals surface area contributed by atoms with Gasteiger partial charge in [0.25, 0.3) is 0 Å². The third kappa shape index (κ3) is 4.12. The van der Waals surface area contributed by atoms with Gasteiger partial charge in [-0.15, -0.1) is 0 Å². The average molecular weight is 267 g/mol. The maximum atomic E-state index is 4.22. The van der Waals surface area contributed by atoms with Crippen molar-refractivity contribution in [1.29, 1.82) is 0 Å². The van der Waals surface area contributed by atoms with E-state index in [4.69, 9.17) is 0 Å². The number of rotatable bonds is 4. The third-order valence-corrected chi connectivity index (χ3v) is 2.64. The van der Waals surface area contributed by atoms with Crippen molar-refractivity contribution in [2.24, 2.45) is 10.2 Å². The maximum Gasteiger partial charge on any atom is 0.0778 e. The Kier molecular flexibility index (Phi) is 6.90. The second kappa shape index (κ2) is 8.75. The van der Waals surface area contributed by atoms with Gasteiger partial charge < -0.3 is 0 Å². The average Bonchev–Trinajstić information content (AvgIpc) is 3.01. The van der Waals surface area contributed by atoms with E-state index in [-0.39, 0.29) is 0 Å². The van der Waals surface area contributed by atoms with Crippen molar-refractivity contribution in [3.8, 4) is 0 Å². The standard InChI is InChI=1S/C15H15N3.C2H6/c1-3-5-7-12(4-2)14-10-15(18-17-14)13-8-6-9-16-11-13;1-2/h3-9,11H,2,10H2,1H3;1-2H3/b5-3-,12-7+;. The van der Waals surface area contributed by atoms with Crippen LogP contribution >= 0.6 is 0 Å². The molecule has 1 aromatic rings. The highest BCUT2D eigenvalue weighted by Crippen LogP contribution is 2.16. The van der Waals surface area contributed by atoms with Crippen molar-refractivity contribution in [2.75, 3.05) is 0 Å². The molecule has 104 valence electrons. The summed E-state index contributed by atoms with van der Waals surface area (Å²) in [5.74, 6) is 0. The van der Waals surface area contributed by atoms with E-state index in [9.17, 15) is 0 Å². The van der Waals surface area contributed by atoms with Crippen LogP contribution in [0.1, 0.15) is 32.8 Å². The first-order valence-corrected chi connectivity index (χ1v) is 6.84. The number of allylic oxidation sites excluding steroid dienone is 5. The fourth-order valence-corrected chi connectivity index (χ4v) is 1.69. The van der Waals surface area contributed by atoms with Crippen molar-refractivity contribution in [2.45, 2.75) is 27.2 Å². The molecular weight excluding hydrogens is 246 g/mol. The Morgan fingerprint density at radius 2 is 2.10 bits per heavy atom. The van der Waals surface area contributed by atoms with Gasteiger partial charge in [0, 0.05) is 24.4 Å². The molecule has 0 radical (unpaired) electrons. The van der Waals surface area contributed by atoms with Crippen LogP contribution in [0.2, 0.25) is 0 Å². The molecule has 1 aromatic heterocycles. The molecule has 0 spiro atoms. The normalized spacial score (nSPS) is 14.4. The predicted molar refractivity (Wildman–Crippen MR) is 87.3 cm³/mol. The number of pyridine rings is 1. The molecule has 1 aliphatic heterocycles. The van der Waals surface area contributed by atoms with Crippen LogP contribution in [0.25, 0.3) is 0 Å². The van der Waals surface area contributed by atoms with E-state index >= 15 is 0 Å². The van der Waals surface area contributed by atoms with Crippen LogP contribution in [0, 0.1) is 0 Å². The number of aromatic nitrogens is 1. The first-order valence-electron chi connectivity index (χ1n) is 6.84. The van der Waals surface area contributed by atoms with Crippen LogP contribution in [0.5, 0.6) is 0 Å². The maximum absolute atomic E-state index is 4.22. The summed E-state index contributed by atoms with van der Waals surface area (Å²) in [5.41, 5.74) is 3.93. The molecule has 3 nitrogen and oxygen atoms in total. The number of hydrogen-bond donors (Lipinski definition) is 0. The number of nitrogens with zero attached hydrogens (tertiary/aromatic N) is 3. The van der Waals surface area contributed by atoms with Crippen molar-refractivity contribution in [1.82, 2.24) is 4.98 Å². The Hall–Kier alpha value is -2.29. The topological polar surface area (TPSA) is 37.6 Å². The Balaban J connectivity index is 0.000000956. The van der Waals surface area contributed by atoms with Crippen molar-refractivity contribution < 1.29 is 0 Å². The molecule has 2 rings (SSSR count). The van der Waals surface area contributed by atoms with Gasteiger partial charge >= 0.3 is 0 Å². The molecule has 0 aromatic carbocycles. The molecular formula is C17H21N3. The van der Waals surface area contributed by atoms with E-state index in [1.54, 1.807) is 18.5 Å². The third-order valence-electron chi connectivity index (χ3n) is 2.64. The monoisotopic (exact) mass is 267 g/mol. The molecule has 0 atom stereocenters. The highest BCUT2D eigenvalue weighted by Gasteiger charge is 2.15. The zero-order valence-electron chi connectivity index (χ0n) is 12.4. The summed E-state index contributed by atoms with van der Waals surface area (Å²) in [4.78, 5) is 4.09. The van der Waals surface area contributed by atoms with Crippen molar-refractivity contribution >= 4 is 11.4 Å². The minimum absolute atomic E-state index is 0.723. The van der Waals surface area contributed by atoms with Gasteiger partial charge in [-0.3, -0.25) is 4.98 Å². The summed E-state index contributed by atoms with van der Waals surface area (Å²) in [6.07, 6.45) is 12.0. The summed E-state index contributed by atoms with van der Waals surface area (Å²) in [6, 6.07) is 3.90. The zero-order chi connectivity index (χ0) is 14.8. The summed E-state index contributed by atoms with van der Waals surface area (Å²) in [5, 5.41) is 8.44. The molecule has 0 bridgehead atoms. The minimum Gasteiger partial charge on any atom is -0.264 e. The van der Waals surface area contributed by atoms with Gasteiger partial charge in [0.2, 0.25) is 0 Å². The molecule has 3 heteroatoms. The van der Waals surface area contributed by atoms with E-state index in [1.807, 2.05) is 51.1 Å². The Morgan fingerprint density at radius 3 is 2.70 bits per heavy atom. The molecule has 2 heterocycles. The lowest BCUT2D eigenvalue weighted by atomic mass is 10.0. The molecule has 0 aliphatic carbocycles. The van der Waals surface area contributed by atoms with Gasteiger partial charge in [-0.25, -0.2) is 0 Å². The van der Waals surface area contributed by atoms with Gasteiger partial charge in [-0.05, 0) is 24.6 Å². The smallest absolute Gasteiger partial charge is 0.0778 e. The lowest BCUT2D eigenvalue weighted by Crippen LogP contribution is -2.05. The molecule has 0 amide bonds. The zero-order valence-corrected chi connectivity index (χ0v) is 12.4. The number of hydrogen-bond acceptors (Lipinski definition) is 3. The van der Waals surface area contributed by atoms with Gasteiger partial charge in [0.1, 0.15) is 0 Å². The first kappa shape index (κ1) is 15.8. The molecule has 1 aliphatic rings. The highest BCUT2D eigenvalue weighted by atomic mass is 15.2. The Bertz CT molecular complexity index is 549. The molecule has 0 unspecified atom stereocenters. The van der Waals surface area contributed by atoms with Gasteiger partial charge in [0.15, 0.2) is 0 Å². The second-order valence-corrected chi connectivity index (χ2v) is 3.86. The van der Waals surface area contributed by atoms with Crippen LogP contribution < -0.4 is 0 Å². The van der Waals surface area contributed by atoms with Gasteiger partial charge in [0.05, 0.1) is 11.4 Å². The van der Waals surface area contributed by atoms with Crippen LogP contribution in [0.4, 0.5) is 0 Å². The quantitative estimate of drug-likeness (QED) is 0.747. The summed E-state index contributed by atoms with van der Waals surface area (Å²) in [6.45, 7) is 9.79. The van der Waals surface area contributed by atoms with Crippen molar-refractivity contribution in [3.63, 3.8) is 0 Å². The SMILES string of the molecule is C=C/C(=C\C=C/C)C1=NN=C(c2cccnc2)C1.CC. The summed E-state index contributed by atoms with van der Waals surface area (Å²) < 4.78 is 0. The Labute approximate surface area is 121 Å². The first-order chi connectivity index (χ1) is 9.85. The van der Waals surface area contributed by atoms with Gasteiger partial charge in [-0.1, -0.05) is 44.7 Å². The van der Waals surface area contributed by atoms with E-state index in [0.29, 0.717) is 0 Å². The molecule has 0 N–H and O–H groups in total. The fraction of sp³-hybridized carbons (Fsp3) is 0.235. The molecule has 0 fully saturated rings. The highest BCUT2D eigenvalue weighted by molar-refractivity contribution is 6.20. The van der Waals surface area contributed by atoms with E-state index in [0.717, 1.165) is 29.0 Å². The van der Waals surface area contributed by atoms with E-state index < -0.39 is 0 Å². The lowest BCUT2D eigenvalue weighted by Gasteiger charge is -2.01. The fourth-order valence-electron chi connectivity index (χ4n) is 1.69. The largest absolute Gasteiger partial charge is 0.264 e. The van der Waals surface area contributed by atoms with Crippen molar-refractivity contribution in [3.05, 3.63) is 66.5 Å². The van der Waals surface area contributed by atoms with E-state index in [2.05, 4.69) is 21.8 Å². The second-order valence-electron chi connectivity index (χ2n) is 3.86. The molecule has 0 saturated heterocycles.